The van der Waals surface area contributed by atoms with Gasteiger partial charge in [-0.05, 0) is 169 Å². The minimum atomic E-state index is -2.69. The first-order valence-corrected chi connectivity index (χ1v) is 28.3. The van der Waals surface area contributed by atoms with Crippen molar-refractivity contribution in [3.63, 3.8) is 0 Å². The van der Waals surface area contributed by atoms with Crippen molar-refractivity contribution in [2.75, 3.05) is 77.8 Å². The number of rotatable bonds is 19. The molecule has 76 heavy (non-hydrogen) atoms. The van der Waals surface area contributed by atoms with Gasteiger partial charge in [-0.15, -0.1) is 0 Å². The molecule has 3 unspecified atom stereocenters. The number of aromatic nitrogens is 1. The van der Waals surface area contributed by atoms with E-state index in [1.54, 1.807) is 19.1 Å². The van der Waals surface area contributed by atoms with Crippen molar-refractivity contribution in [3.8, 4) is 0 Å². The molecule has 5 N–H and O–H groups in total. The van der Waals surface area contributed by atoms with Crippen molar-refractivity contribution in [3.05, 3.63) is 118 Å². The SMILES string of the molecule is CC.CC.CCCN(CCC)C1CCN(CC2CCN(C(=O)c3ccc(C4CCN(C/C(C)=C/c5c(C6=CNC(N)C=C6)ccnc5C)CC4)cc3)CC2)CC1(F)F.CNC(=O)C(CCC=O)Nc1ccc(C)c(F)c1. The number of aryl methyl sites for hydroxylation is 2. The van der Waals surface area contributed by atoms with Gasteiger partial charge in [-0.2, -0.15) is 0 Å². The van der Waals surface area contributed by atoms with Gasteiger partial charge >= 0.3 is 0 Å². The third-order valence-corrected chi connectivity index (χ3v) is 14.7. The molecule has 0 bridgehead atoms. The monoisotopic (exact) mass is 1060 g/mol. The maximum Gasteiger partial charge on any atom is 0.275 e. The lowest BCUT2D eigenvalue weighted by Gasteiger charge is -2.45. The van der Waals surface area contributed by atoms with Crippen LogP contribution < -0.4 is 21.7 Å². The highest BCUT2D eigenvalue weighted by Gasteiger charge is 2.47. The Morgan fingerprint density at radius 2 is 1.58 bits per heavy atom. The molecule has 1 aromatic heterocycles. The summed E-state index contributed by atoms with van der Waals surface area (Å²) in [7, 11) is 1.52. The number of carbonyl (C=O) groups is 3. The fourth-order valence-electron chi connectivity index (χ4n) is 10.7. The van der Waals surface area contributed by atoms with Crippen LogP contribution in [-0.2, 0) is 9.59 Å². The van der Waals surface area contributed by atoms with Gasteiger partial charge < -0.3 is 31.4 Å². The number of pyridine rings is 1. The Morgan fingerprint density at radius 3 is 2.16 bits per heavy atom. The summed E-state index contributed by atoms with van der Waals surface area (Å²) < 4.78 is 44.0. The highest BCUT2D eigenvalue weighted by molar-refractivity contribution is 5.94. The predicted molar refractivity (Wildman–Crippen MR) is 307 cm³/mol. The van der Waals surface area contributed by atoms with Crippen LogP contribution in [0.4, 0.5) is 18.9 Å². The molecule has 0 spiro atoms. The van der Waals surface area contributed by atoms with E-state index in [0.29, 0.717) is 55.6 Å². The minimum absolute atomic E-state index is 0.0824. The van der Waals surface area contributed by atoms with Gasteiger partial charge in [0.2, 0.25) is 5.91 Å². The van der Waals surface area contributed by atoms with Crippen LogP contribution >= 0.6 is 0 Å². The second-order valence-electron chi connectivity index (χ2n) is 20.3. The summed E-state index contributed by atoms with van der Waals surface area (Å²) in [5.74, 6) is -2.33. The number of nitrogens with two attached hydrogens (primary N) is 1. The average molecular weight is 1060 g/mol. The van der Waals surface area contributed by atoms with E-state index in [4.69, 9.17) is 5.73 Å². The summed E-state index contributed by atoms with van der Waals surface area (Å²) in [6, 6.07) is 13.9. The number of hydrogen-bond acceptors (Lipinski definition) is 10. The molecular weight excluding hydrogens is 964 g/mol. The molecule has 7 rings (SSSR count). The molecule has 12 nitrogen and oxygen atoms in total. The van der Waals surface area contributed by atoms with E-state index in [9.17, 15) is 18.8 Å². The number of allylic oxidation sites excluding steroid dienone is 2. The number of nitrogens with zero attached hydrogens (tertiary/aromatic N) is 5. The zero-order valence-corrected chi connectivity index (χ0v) is 47.6. The molecule has 420 valence electrons. The molecule has 3 atom stereocenters. The molecular formula is C61H92F3N9O3. The second kappa shape index (κ2) is 32.4. The number of hydrogen-bond donors (Lipinski definition) is 4. The fourth-order valence-corrected chi connectivity index (χ4v) is 10.7. The van der Waals surface area contributed by atoms with Gasteiger partial charge in [-0.25, -0.2) is 13.2 Å². The number of benzene rings is 2. The molecule has 4 aliphatic heterocycles. The number of dihydropyridines is 1. The lowest BCUT2D eigenvalue weighted by atomic mass is 9.88. The topological polar surface area (TPSA) is 139 Å². The molecule has 0 saturated carbocycles. The van der Waals surface area contributed by atoms with Crippen LogP contribution in [0.2, 0.25) is 0 Å². The lowest BCUT2D eigenvalue weighted by Crippen LogP contribution is -2.59. The van der Waals surface area contributed by atoms with Gasteiger partial charge in [0.1, 0.15) is 18.1 Å². The summed E-state index contributed by atoms with van der Waals surface area (Å²) in [5.41, 5.74) is 14.8. The first-order chi connectivity index (χ1) is 36.6. The van der Waals surface area contributed by atoms with E-state index in [1.165, 1.54) is 24.3 Å². The third-order valence-electron chi connectivity index (χ3n) is 14.7. The number of likely N-dealkylation sites (tertiary alicyclic amines) is 3. The molecule has 0 radical (unpaired) electrons. The number of carbonyl (C=O) groups excluding carboxylic acids is 3. The maximum atomic E-state index is 15.3. The Kier molecular flexibility index (Phi) is 26.9. The Morgan fingerprint density at radius 1 is 0.921 bits per heavy atom. The quantitative estimate of drug-likeness (QED) is 0.0858. The van der Waals surface area contributed by atoms with E-state index < -0.39 is 18.0 Å². The summed E-state index contributed by atoms with van der Waals surface area (Å²) in [5, 5.41) is 8.63. The zero-order valence-electron chi connectivity index (χ0n) is 47.6. The number of amides is 2. The molecule has 15 heteroatoms. The van der Waals surface area contributed by atoms with Crippen LogP contribution in [0.1, 0.15) is 150 Å². The molecule has 4 aliphatic rings. The normalized spacial score (nSPS) is 19.6. The van der Waals surface area contributed by atoms with Gasteiger partial charge in [-0.3, -0.25) is 29.3 Å². The van der Waals surface area contributed by atoms with E-state index in [1.807, 2.05) is 73.0 Å². The molecule has 2 amide bonds. The van der Waals surface area contributed by atoms with E-state index in [0.717, 1.165) is 112 Å². The minimum Gasteiger partial charge on any atom is -0.374 e. The number of anilines is 1. The van der Waals surface area contributed by atoms with Crippen LogP contribution in [0.3, 0.4) is 0 Å². The Balaban J connectivity index is 0.000000477. The van der Waals surface area contributed by atoms with Gasteiger partial charge in [0.25, 0.3) is 11.8 Å². The number of piperidine rings is 3. The summed E-state index contributed by atoms with van der Waals surface area (Å²) in [4.78, 5) is 48.5. The summed E-state index contributed by atoms with van der Waals surface area (Å²) in [6.07, 6.45) is 17.7. The first kappa shape index (κ1) is 63.2. The van der Waals surface area contributed by atoms with Crippen molar-refractivity contribution in [1.29, 1.82) is 0 Å². The van der Waals surface area contributed by atoms with Crippen molar-refractivity contribution in [2.45, 2.75) is 150 Å². The van der Waals surface area contributed by atoms with Crippen LogP contribution in [0.25, 0.3) is 11.6 Å². The van der Waals surface area contributed by atoms with Gasteiger partial charge in [0.05, 0.1) is 18.8 Å². The van der Waals surface area contributed by atoms with Gasteiger partial charge in [-0.1, -0.05) is 77.5 Å². The Bertz CT molecular complexity index is 2340. The average Bonchev–Trinajstić information content (AvgIpc) is 3.43. The van der Waals surface area contributed by atoms with E-state index in [2.05, 4.69) is 83.9 Å². The Labute approximate surface area is 454 Å². The van der Waals surface area contributed by atoms with Crippen molar-refractivity contribution in [1.82, 2.24) is 35.2 Å². The van der Waals surface area contributed by atoms with E-state index >= 15 is 8.78 Å². The largest absolute Gasteiger partial charge is 0.374 e. The highest BCUT2D eigenvalue weighted by Crippen LogP contribution is 2.34. The molecule has 3 aromatic rings. The van der Waals surface area contributed by atoms with Crippen LogP contribution in [-0.4, -0.2) is 139 Å². The van der Waals surface area contributed by atoms with Gasteiger partial charge in [0.15, 0.2) is 0 Å². The first-order valence-electron chi connectivity index (χ1n) is 28.3. The van der Waals surface area contributed by atoms with E-state index in [-0.39, 0.29) is 36.8 Å². The predicted octanol–water partition coefficient (Wildman–Crippen LogP) is 10.8. The number of halogens is 3. The Hall–Kier alpha value is -5.35. The third kappa shape index (κ3) is 18.7. The van der Waals surface area contributed by atoms with Crippen molar-refractivity contribution in [2.24, 2.45) is 11.7 Å². The second-order valence-corrected chi connectivity index (χ2v) is 20.3. The molecule has 3 fully saturated rings. The molecule has 0 aliphatic carbocycles. The number of likely N-dealkylation sites (N-methyl/N-ethyl adjacent to an activating group) is 1. The van der Waals surface area contributed by atoms with Crippen molar-refractivity contribution < 1.29 is 27.6 Å². The smallest absolute Gasteiger partial charge is 0.275 e. The zero-order chi connectivity index (χ0) is 55.8. The molecule has 5 heterocycles. The van der Waals surface area contributed by atoms with Gasteiger partial charge in [0, 0.05) is 81.1 Å². The highest BCUT2D eigenvalue weighted by atomic mass is 19.3. The standard InChI is InChI=1S/C44H63F2N7O.C13H17FN2O2.2C2H6/c1-5-20-52(21-6-2)41-18-24-51(31-44(41,45)46)30-34-14-25-53(26-15-34)43(54)37-9-7-35(8-10-37)36-16-22-50(23-17-36)29-32(3)27-40-33(4)48-19-13-39(40)38-11-12-42(47)49-28-38;1-9-5-6-10(8-11(9)14)16-12(4-3-7-17)13(18)15-2;2*1-2/h7-13,19,27-28,34,36,41-42,49H,5-6,14-18,20-26,29-31,47H2,1-4H3;5-8,12,16H,3-4H2,1-2H3,(H,15,18);2*1-2H3/b32-27+;;;. The summed E-state index contributed by atoms with van der Waals surface area (Å²) >= 11 is 0. The van der Waals surface area contributed by atoms with Crippen LogP contribution in [0.15, 0.2) is 78.7 Å². The van der Waals surface area contributed by atoms with Crippen molar-refractivity contribution >= 4 is 35.4 Å². The fraction of sp³-hybridized carbons (Fsp3) is 0.574. The molecule has 2 aromatic carbocycles. The van der Waals surface area contributed by atoms with Crippen LogP contribution in [0, 0.1) is 25.6 Å². The lowest BCUT2D eigenvalue weighted by molar-refractivity contribution is -0.129. The van der Waals surface area contributed by atoms with Crippen LogP contribution in [0.5, 0.6) is 0 Å². The molecule has 3 saturated heterocycles. The number of alkyl halides is 2. The number of aldehydes is 1. The number of nitrogens with one attached hydrogen (secondary N) is 3. The maximum absolute atomic E-state index is 15.3. The summed E-state index contributed by atoms with van der Waals surface area (Å²) in [6.45, 7) is 25.2.